The molecule has 3 atom stereocenters. The molecule has 0 aromatic carbocycles. The zero-order valence-electron chi connectivity index (χ0n) is 13.7. The van der Waals surface area contributed by atoms with Gasteiger partial charge in [-0.15, -0.1) is 0 Å². The number of hydrogen-bond acceptors (Lipinski definition) is 3. The lowest BCUT2D eigenvalue weighted by atomic mass is 9.72. The summed E-state index contributed by atoms with van der Waals surface area (Å²) in [4.78, 5) is 0. The van der Waals surface area contributed by atoms with E-state index >= 15 is 0 Å². The molecule has 3 unspecified atom stereocenters. The van der Waals surface area contributed by atoms with Gasteiger partial charge in [-0.2, -0.15) is 0 Å². The summed E-state index contributed by atoms with van der Waals surface area (Å²) in [6.07, 6.45) is 5.90. The summed E-state index contributed by atoms with van der Waals surface area (Å²) < 4.78 is 24.1. The molecule has 120 valence electrons. The average molecular weight is 304 g/mol. The summed E-state index contributed by atoms with van der Waals surface area (Å²) in [7, 11) is -2.89. The Bertz CT molecular complexity index is 365. The van der Waals surface area contributed by atoms with Crippen molar-refractivity contribution in [2.75, 3.05) is 18.8 Å². The van der Waals surface area contributed by atoms with Crippen LogP contribution in [-0.2, 0) is 9.84 Å². The van der Waals surface area contributed by atoms with E-state index in [1.165, 1.54) is 25.7 Å². The van der Waals surface area contributed by atoms with Gasteiger partial charge in [0.15, 0.2) is 9.84 Å². The highest BCUT2D eigenvalue weighted by Gasteiger charge is 2.30. The second kappa shape index (κ2) is 8.38. The Balaban J connectivity index is 2.59. The van der Waals surface area contributed by atoms with Gasteiger partial charge in [0.1, 0.15) is 0 Å². The zero-order chi connectivity index (χ0) is 15.2. The standard InChI is InChI=1S/C16H33NO2S/c1-5-14-7-8-16(12-17-6-2)15(11-14)9-10-20(18,19)13(3)4/h13-17H,5-12H2,1-4H3. The predicted octanol–water partition coefficient (Wildman–Crippen LogP) is 3.25. The Morgan fingerprint density at radius 1 is 1.15 bits per heavy atom. The van der Waals surface area contributed by atoms with Crippen LogP contribution in [0, 0.1) is 17.8 Å². The highest BCUT2D eigenvalue weighted by Crippen LogP contribution is 2.37. The van der Waals surface area contributed by atoms with Gasteiger partial charge in [-0.1, -0.05) is 26.7 Å². The van der Waals surface area contributed by atoms with E-state index in [9.17, 15) is 8.42 Å². The smallest absolute Gasteiger partial charge is 0.152 e. The van der Waals surface area contributed by atoms with Crippen LogP contribution in [0.25, 0.3) is 0 Å². The summed E-state index contributed by atoms with van der Waals surface area (Å²) in [5.74, 6) is 2.43. The largest absolute Gasteiger partial charge is 0.317 e. The summed E-state index contributed by atoms with van der Waals surface area (Å²) in [5.41, 5.74) is 0. The van der Waals surface area contributed by atoms with Crippen molar-refractivity contribution < 1.29 is 8.42 Å². The lowest BCUT2D eigenvalue weighted by Gasteiger charge is -2.36. The first-order valence-electron chi connectivity index (χ1n) is 8.32. The van der Waals surface area contributed by atoms with Crippen LogP contribution in [0.2, 0.25) is 0 Å². The molecule has 0 aromatic rings. The lowest BCUT2D eigenvalue weighted by Crippen LogP contribution is -2.34. The van der Waals surface area contributed by atoms with Gasteiger partial charge in [-0.3, -0.25) is 0 Å². The van der Waals surface area contributed by atoms with E-state index in [1.54, 1.807) is 13.8 Å². The minimum atomic E-state index is -2.89. The lowest BCUT2D eigenvalue weighted by molar-refractivity contribution is 0.169. The highest BCUT2D eigenvalue weighted by atomic mass is 32.2. The summed E-state index contributed by atoms with van der Waals surface area (Å²) in [6.45, 7) is 10.0. The van der Waals surface area contributed by atoms with Crippen LogP contribution in [-0.4, -0.2) is 32.5 Å². The fourth-order valence-electron chi connectivity index (χ4n) is 3.30. The van der Waals surface area contributed by atoms with Crippen molar-refractivity contribution in [3.8, 4) is 0 Å². The van der Waals surface area contributed by atoms with E-state index in [0.29, 0.717) is 17.6 Å². The molecule has 0 saturated heterocycles. The molecule has 1 N–H and O–H groups in total. The maximum absolute atomic E-state index is 12.0. The summed E-state index contributed by atoms with van der Waals surface area (Å²) in [6, 6.07) is 0. The van der Waals surface area contributed by atoms with Gasteiger partial charge >= 0.3 is 0 Å². The van der Waals surface area contributed by atoms with Crippen molar-refractivity contribution in [1.82, 2.24) is 5.32 Å². The first kappa shape index (κ1) is 18.0. The molecular weight excluding hydrogens is 270 g/mol. The molecule has 0 aliphatic heterocycles. The average Bonchev–Trinajstić information content (AvgIpc) is 2.43. The van der Waals surface area contributed by atoms with Gasteiger partial charge < -0.3 is 5.32 Å². The van der Waals surface area contributed by atoms with Crippen molar-refractivity contribution >= 4 is 9.84 Å². The van der Waals surface area contributed by atoms with Crippen molar-refractivity contribution in [3.63, 3.8) is 0 Å². The van der Waals surface area contributed by atoms with Gasteiger partial charge in [0.2, 0.25) is 0 Å². The van der Waals surface area contributed by atoms with E-state index in [1.807, 2.05) is 0 Å². The number of hydrogen-bond donors (Lipinski definition) is 1. The third kappa shape index (κ3) is 5.36. The normalized spacial score (nSPS) is 27.9. The Morgan fingerprint density at radius 2 is 1.85 bits per heavy atom. The van der Waals surface area contributed by atoms with E-state index < -0.39 is 9.84 Å². The SMILES string of the molecule is CCNCC1CCC(CC)CC1CCS(=O)(=O)C(C)C. The molecule has 1 aliphatic carbocycles. The molecule has 1 saturated carbocycles. The first-order valence-corrected chi connectivity index (χ1v) is 10.0. The molecule has 1 rings (SSSR count). The van der Waals surface area contributed by atoms with Crippen LogP contribution in [0.5, 0.6) is 0 Å². The van der Waals surface area contributed by atoms with Crippen molar-refractivity contribution in [3.05, 3.63) is 0 Å². The molecule has 0 heterocycles. The zero-order valence-corrected chi connectivity index (χ0v) is 14.5. The molecule has 0 spiro atoms. The maximum Gasteiger partial charge on any atom is 0.152 e. The molecule has 0 amide bonds. The minimum absolute atomic E-state index is 0.236. The molecule has 4 heteroatoms. The van der Waals surface area contributed by atoms with Crippen molar-refractivity contribution in [2.45, 2.75) is 65.0 Å². The molecule has 3 nitrogen and oxygen atoms in total. The highest BCUT2D eigenvalue weighted by molar-refractivity contribution is 7.91. The molecule has 1 fully saturated rings. The van der Waals surface area contributed by atoms with Crippen molar-refractivity contribution in [1.29, 1.82) is 0 Å². The van der Waals surface area contributed by atoms with Gasteiger partial charge in [0.05, 0.1) is 11.0 Å². The molecule has 1 aliphatic rings. The van der Waals surface area contributed by atoms with Gasteiger partial charge in [-0.25, -0.2) is 8.42 Å². The van der Waals surface area contributed by atoms with E-state index in [-0.39, 0.29) is 5.25 Å². The summed E-state index contributed by atoms with van der Waals surface area (Å²) in [5, 5.41) is 3.22. The second-order valence-corrected chi connectivity index (χ2v) is 9.30. The fraction of sp³-hybridized carbons (Fsp3) is 1.00. The third-order valence-corrected chi connectivity index (χ3v) is 7.21. The van der Waals surface area contributed by atoms with Gasteiger partial charge in [-0.05, 0) is 64.0 Å². The van der Waals surface area contributed by atoms with Crippen molar-refractivity contribution in [2.24, 2.45) is 17.8 Å². The molecule has 0 aromatic heterocycles. The molecule has 0 bridgehead atoms. The number of sulfone groups is 1. The second-order valence-electron chi connectivity index (χ2n) is 6.62. The van der Waals surface area contributed by atoms with E-state index in [2.05, 4.69) is 19.2 Å². The topological polar surface area (TPSA) is 46.2 Å². The van der Waals surface area contributed by atoms with Crippen LogP contribution >= 0.6 is 0 Å². The van der Waals surface area contributed by atoms with E-state index in [0.717, 1.165) is 25.4 Å². The quantitative estimate of drug-likeness (QED) is 0.748. The Hall–Kier alpha value is -0.0900. The van der Waals surface area contributed by atoms with Crippen LogP contribution in [0.3, 0.4) is 0 Å². The molecule has 0 radical (unpaired) electrons. The van der Waals surface area contributed by atoms with Crippen LogP contribution in [0.4, 0.5) is 0 Å². The number of nitrogens with one attached hydrogen (secondary N) is 1. The Labute approximate surface area is 125 Å². The Kier molecular flexibility index (Phi) is 7.52. The summed E-state index contributed by atoms with van der Waals surface area (Å²) >= 11 is 0. The third-order valence-electron chi connectivity index (χ3n) is 4.97. The van der Waals surface area contributed by atoms with Crippen LogP contribution < -0.4 is 5.32 Å². The van der Waals surface area contributed by atoms with Gasteiger partial charge in [0.25, 0.3) is 0 Å². The number of rotatable bonds is 8. The molecule has 20 heavy (non-hydrogen) atoms. The van der Waals surface area contributed by atoms with Gasteiger partial charge in [0, 0.05) is 0 Å². The fourth-order valence-corrected chi connectivity index (χ4v) is 4.40. The molecular formula is C16H33NO2S. The van der Waals surface area contributed by atoms with E-state index in [4.69, 9.17) is 0 Å². The minimum Gasteiger partial charge on any atom is -0.317 e. The first-order chi connectivity index (χ1) is 9.40. The monoisotopic (exact) mass is 303 g/mol. The predicted molar refractivity (Wildman–Crippen MR) is 86.7 cm³/mol. The van der Waals surface area contributed by atoms with Crippen LogP contribution in [0.15, 0.2) is 0 Å². The maximum atomic E-state index is 12.0. The van der Waals surface area contributed by atoms with Crippen LogP contribution in [0.1, 0.15) is 59.8 Å². The Morgan fingerprint density at radius 3 is 2.40 bits per heavy atom.